The van der Waals surface area contributed by atoms with Crippen LogP contribution in [0.1, 0.15) is 79.1 Å². The molecule has 0 aliphatic carbocycles. The van der Waals surface area contributed by atoms with Crippen LogP contribution in [0.3, 0.4) is 0 Å². The third-order valence-corrected chi connectivity index (χ3v) is 3.50. The molecule has 0 radical (unpaired) electrons. The number of carboxylic acid groups (broad SMARTS) is 2. The van der Waals surface area contributed by atoms with Crippen LogP contribution in [0.4, 0.5) is 0 Å². The van der Waals surface area contributed by atoms with Crippen molar-refractivity contribution in [3.8, 4) is 0 Å². The Morgan fingerprint density at radius 2 is 1.05 bits per heavy atom. The molecule has 0 amide bonds. The van der Waals surface area contributed by atoms with Gasteiger partial charge in [0.05, 0.1) is 11.8 Å². The van der Waals surface area contributed by atoms with Crippen LogP contribution in [-0.2, 0) is 26.7 Å². The summed E-state index contributed by atoms with van der Waals surface area (Å²) in [7, 11) is 0. The number of hydrogen-bond acceptors (Lipinski definition) is 2. The summed E-state index contributed by atoms with van der Waals surface area (Å²) >= 11 is 0. The van der Waals surface area contributed by atoms with Crippen molar-refractivity contribution < 1.29 is 36.9 Å². The van der Waals surface area contributed by atoms with Crippen LogP contribution in [0.25, 0.3) is 0 Å². The molecule has 0 rings (SSSR count). The Kier molecular flexibility index (Phi) is 21.2. The molecule has 2 atom stereocenters. The van der Waals surface area contributed by atoms with E-state index in [1.165, 1.54) is 0 Å². The zero-order valence-electron chi connectivity index (χ0n) is 13.9. The number of carbonyl (C=O) groups is 2. The van der Waals surface area contributed by atoms with E-state index in [9.17, 15) is 9.59 Å². The molecule has 0 aliphatic heterocycles. The van der Waals surface area contributed by atoms with E-state index >= 15 is 0 Å². The predicted molar refractivity (Wildman–Crippen MR) is 81.9 cm³/mol. The number of rotatable bonds is 10. The molecule has 0 saturated heterocycles. The molecule has 0 spiro atoms. The minimum absolute atomic E-state index is 0. The van der Waals surface area contributed by atoms with Crippen molar-refractivity contribution in [2.24, 2.45) is 11.8 Å². The van der Waals surface area contributed by atoms with E-state index < -0.39 is 11.9 Å². The van der Waals surface area contributed by atoms with E-state index in [4.69, 9.17) is 10.2 Å². The summed E-state index contributed by atoms with van der Waals surface area (Å²) in [4.78, 5) is 20.9. The fraction of sp³-hybridized carbons (Fsp3) is 0.875. The van der Waals surface area contributed by atoms with Gasteiger partial charge in [-0.1, -0.05) is 53.4 Å². The van der Waals surface area contributed by atoms with Crippen LogP contribution in [0.2, 0.25) is 0 Å². The molecule has 4 nitrogen and oxygen atoms in total. The predicted octanol–water partition coefficient (Wildman–Crippen LogP) is 4.57. The Hall–Kier alpha value is -0.541. The van der Waals surface area contributed by atoms with Crippen LogP contribution >= 0.6 is 0 Å². The molecular weight excluding hydrogens is 312 g/mol. The first-order valence-electron chi connectivity index (χ1n) is 7.89. The summed E-state index contributed by atoms with van der Waals surface area (Å²) in [6.07, 6.45) is 7.43. The van der Waals surface area contributed by atoms with E-state index in [0.29, 0.717) is 0 Å². The second kappa shape index (κ2) is 17.5. The van der Waals surface area contributed by atoms with Crippen molar-refractivity contribution in [3.05, 3.63) is 0 Å². The minimum atomic E-state index is -0.643. The maximum atomic E-state index is 10.4. The second-order valence-corrected chi connectivity index (χ2v) is 5.17. The molecule has 0 saturated carbocycles. The Morgan fingerprint density at radius 3 is 1.19 bits per heavy atom. The van der Waals surface area contributed by atoms with Crippen LogP contribution < -0.4 is 0 Å². The van der Waals surface area contributed by atoms with Crippen LogP contribution in [-0.4, -0.2) is 22.2 Å². The summed E-state index contributed by atoms with van der Waals surface area (Å²) in [6.45, 7) is 8.01. The van der Waals surface area contributed by atoms with Crippen LogP contribution in [0, 0.1) is 11.8 Å². The van der Waals surface area contributed by atoms with Crippen LogP contribution in [0.5, 0.6) is 0 Å². The van der Waals surface area contributed by atoms with Gasteiger partial charge in [0.15, 0.2) is 0 Å². The maximum absolute atomic E-state index is 10.4. The van der Waals surface area contributed by atoms with Gasteiger partial charge in [0.2, 0.25) is 0 Å². The van der Waals surface area contributed by atoms with Gasteiger partial charge in [-0.15, -0.1) is 0 Å². The molecule has 0 fully saturated rings. The zero-order chi connectivity index (χ0) is 16.0. The standard InChI is InChI=1S/2C8H16O2.Fe/c2*1-3-5-6-7(4-2)8(9)10;/h2*7H,3-6H2,1-2H3,(H,9,10);. The zero-order valence-corrected chi connectivity index (χ0v) is 15.0. The third kappa shape index (κ3) is 15.7. The van der Waals surface area contributed by atoms with Gasteiger partial charge in [0.1, 0.15) is 0 Å². The number of carboxylic acids is 2. The van der Waals surface area contributed by atoms with Gasteiger partial charge in [-0.2, -0.15) is 0 Å². The fourth-order valence-electron chi connectivity index (χ4n) is 1.91. The smallest absolute Gasteiger partial charge is 0.306 e. The second-order valence-electron chi connectivity index (χ2n) is 5.17. The maximum Gasteiger partial charge on any atom is 0.306 e. The summed E-state index contributed by atoms with van der Waals surface area (Å²) in [5, 5.41) is 17.2. The van der Waals surface area contributed by atoms with Gasteiger partial charge in [-0.05, 0) is 25.7 Å². The molecule has 0 heterocycles. The van der Waals surface area contributed by atoms with Crippen molar-refractivity contribution in [2.45, 2.75) is 79.1 Å². The molecule has 2 unspecified atom stereocenters. The van der Waals surface area contributed by atoms with Gasteiger partial charge in [0, 0.05) is 17.1 Å². The molecule has 128 valence electrons. The Bertz CT molecular complexity index is 231. The quantitative estimate of drug-likeness (QED) is 0.569. The average Bonchev–Trinajstić information content (AvgIpc) is 2.40. The Balaban J connectivity index is -0.000000295. The Labute approximate surface area is 140 Å². The first kappa shape index (κ1) is 25.4. The van der Waals surface area contributed by atoms with Gasteiger partial charge in [-0.25, -0.2) is 0 Å². The summed E-state index contributed by atoms with van der Waals surface area (Å²) in [6, 6.07) is 0. The number of unbranched alkanes of at least 4 members (excludes halogenated alkanes) is 2. The topological polar surface area (TPSA) is 74.6 Å². The molecule has 2 N–H and O–H groups in total. The van der Waals surface area contributed by atoms with Gasteiger partial charge < -0.3 is 10.2 Å². The molecule has 0 aliphatic rings. The molecule has 0 aromatic heterocycles. The summed E-state index contributed by atoms with van der Waals surface area (Å²) < 4.78 is 0. The first-order valence-corrected chi connectivity index (χ1v) is 7.89. The number of aliphatic carboxylic acids is 2. The average molecular weight is 344 g/mol. The van der Waals surface area contributed by atoms with E-state index in [2.05, 4.69) is 13.8 Å². The van der Waals surface area contributed by atoms with E-state index in [1.54, 1.807) is 0 Å². The van der Waals surface area contributed by atoms with Gasteiger partial charge in [-0.3, -0.25) is 9.59 Å². The normalized spacial score (nSPS) is 12.4. The Morgan fingerprint density at radius 1 is 0.762 bits per heavy atom. The SMILES string of the molecule is CCCCC(CC)C(=O)O.CCCCC(CC)C(=O)O.[Fe]. The van der Waals surface area contributed by atoms with Gasteiger partial charge >= 0.3 is 11.9 Å². The third-order valence-electron chi connectivity index (χ3n) is 3.50. The fourth-order valence-corrected chi connectivity index (χ4v) is 1.91. The van der Waals surface area contributed by atoms with E-state index in [-0.39, 0.29) is 28.9 Å². The molecule has 5 heteroatoms. The van der Waals surface area contributed by atoms with Gasteiger partial charge in [0.25, 0.3) is 0 Å². The largest absolute Gasteiger partial charge is 0.481 e. The molecular formula is C16H32FeO4. The van der Waals surface area contributed by atoms with E-state index in [0.717, 1.165) is 51.4 Å². The summed E-state index contributed by atoms with van der Waals surface area (Å²) in [5.74, 6) is -1.51. The minimum Gasteiger partial charge on any atom is -0.481 e. The van der Waals surface area contributed by atoms with Crippen molar-refractivity contribution in [3.63, 3.8) is 0 Å². The van der Waals surface area contributed by atoms with E-state index in [1.807, 2.05) is 13.8 Å². The number of hydrogen-bond donors (Lipinski definition) is 2. The van der Waals surface area contributed by atoms with Crippen molar-refractivity contribution in [1.82, 2.24) is 0 Å². The van der Waals surface area contributed by atoms with Crippen molar-refractivity contribution in [1.29, 1.82) is 0 Å². The van der Waals surface area contributed by atoms with Crippen molar-refractivity contribution >= 4 is 11.9 Å². The molecule has 21 heavy (non-hydrogen) atoms. The molecule has 0 bridgehead atoms. The first-order chi connectivity index (χ1) is 9.44. The summed E-state index contributed by atoms with van der Waals surface area (Å²) in [5.41, 5.74) is 0. The monoisotopic (exact) mass is 344 g/mol. The molecule has 0 aromatic carbocycles. The van der Waals surface area contributed by atoms with Crippen LogP contribution in [0.15, 0.2) is 0 Å². The molecule has 0 aromatic rings. The van der Waals surface area contributed by atoms with Crippen molar-refractivity contribution in [2.75, 3.05) is 0 Å².